The third kappa shape index (κ3) is 1.36. The van der Waals surface area contributed by atoms with Crippen LogP contribution in [-0.2, 0) is 10.0 Å². The third-order valence-corrected chi connectivity index (χ3v) is 4.88. The average molecular weight is 236 g/mol. The Morgan fingerprint density at radius 3 is 2.62 bits per heavy atom. The topological polar surface area (TPSA) is 49.2 Å². The van der Waals surface area contributed by atoms with Gasteiger partial charge < -0.3 is 5.32 Å². The maximum absolute atomic E-state index is 12.2. The van der Waals surface area contributed by atoms with Crippen LogP contribution in [0.25, 0.3) is 0 Å². The Kier molecular flexibility index (Phi) is 2.05. The van der Waals surface area contributed by atoms with Gasteiger partial charge in [-0.15, -0.1) is 0 Å². The summed E-state index contributed by atoms with van der Waals surface area (Å²) in [6.45, 7) is 0. The predicted octanol–water partition coefficient (Wildman–Crippen LogP) is 0.893. The minimum Gasteiger partial charge on any atom is -0.374 e. The van der Waals surface area contributed by atoms with E-state index < -0.39 is 10.0 Å². The molecule has 0 bridgehead atoms. The van der Waals surface area contributed by atoms with E-state index >= 15 is 0 Å². The summed E-state index contributed by atoms with van der Waals surface area (Å²) in [4.78, 5) is 0.367. The molecular weight excluding hydrogens is 224 g/mol. The Morgan fingerprint density at radius 1 is 1.25 bits per heavy atom. The molecule has 3 rings (SSSR count). The van der Waals surface area contributed by atoms with E-state index in [1.807, 2.05) is 18.3 Å². The Bertz CT molecular complexity index is 510. The van der Waals surface area contributed by atoms with Crippen molar-refractivity contribution in [3.63, 3.8) is 0 Å². The molecule has 2 aliphatic heterocycles. The smallest absolute Gasteiger partial charge is 0.245 e. The number of sulfonamides is 1. The largest absolute Gasteiger partial charge is 0.374 e. The first-order valence-corrected chi connectivity index (χ1v) is 6.65. The molecule has 5 heteroatoms. The third-order valence-electron chi connectivity index (χ3n) is 2.96. The number of hydrogen-bond acceptors (Lipinski definition) is 3. The van der Waals surface area contributed by atoms with E-state index in [0.29, 0.717) is 4.90 Å². The van der Waals surface area contributed by atoms with Crippen molar-refractivity contribution < 1.29 is 8.42 Å². The van der Waals surface area contributed by atoms with Crippen LogP contribution in [0.5, 0.6) is 0 Å². The van der Waals surface area contributed by atoms with Crippen molar-refractivity contribution in [3.05, 3.63) is 42.6 Å². The molecule has 3 atom stereocenters. The van der Waals surface area contributed by atoms with Crippen molar-refractivity contribution in [2.45, 2.75) is 23.5 Å². The lowest BCUT2D eigenvalue weighted by Crippen LogP contribution is -2.21. The minimum atomic E-state index is -3.32. The Hall–Kier alpha value is -1.33. The molecule has 0 radical (unpaired) electrons. The van der Waals surface area contributed by atoms with Gasteiger partial charge in [0.25, 0.3) is 0 Å². The van der Waals surface area contributed by atoms with Crippen LogP contribution < -0.4 is 5.32 Å². The molecule has 2 aliphatic rings. The highest BCUT2D eigenvalue weighted by Crippen LogP contribution is 2.37. The summed E-state index contributed by atoms with van der Waals surface area (Å²) in [7, 11) is -3.32. The van der Waals surface area contributed by atoms with Crippen molar-refractivity contribution >= 4 is 10.0 Å². The first-order valence-electron chi connectivity index (χ1n) is 5.21. The standard InChI is InChI=1S/C11H12N2O2S/c14-16(15,9-5-2-1-3-6-9)13-10-7-4-8-12-11(10)13/h1-6,8,10-12H,7H2/t10-,11-,13?/m1/s1. The van der Waals surface area contributed by atoms with Crippen LogP contribution in [0.2, 0.25) is 0 Å². The van der Waals surface area contributed by atoms with Gasteiger partial charge in [-0.05, 0) is 24.8 Å². The van der Waals surface area contributed by atoms with Gasteiger partial charge in [0.15, 0.2) is 0 Å². The molecule has 1 N–H and O–H groups in total. The van der Waals surface area contributed by atoms with E-state index in [4.69, 9.17) is 0 Å². The molecule has 0 spiro atoms. The number of benzene rings is 1. The summed E-state index contributed by atoms with van der Waals surface area (Å²) >= 11 is 0. The zero-order chi connectivity index (χ0) is 11.2. The van der Waals surface area contributed by atoms with Gasteiger partial charge in [-0.2, -0.15) is 4.31 Å². The van der Waals surface area contributed by atoms with Crippen molar-refractivity contribution in [1.29, 1.82) is 0 Å². The summed E-state index contributed by atoms with van der Waals surface area (Å²) in [6, 6.07) is 8.65. The highest BCUT2D eigenvalue weighted by atomic mass is 32.2. The van der Waals surface area contributed by atoms with Gasteiger partial charge in [0.05, 0.1) is 10.9 Å². The lowest BCUT2D eigenvalue weighted by molar-refractivity contribution is 0.542. The van der Waals surface area contributed by atoms with E-state index in [1.165, 1.54) is 4.31 Å². The Balaban J connectivity index is 1.92. The van der Waals surface area contributed by atoms with Gasteiger partial charge in [0, 0.05) is 0 Å². The Morgan fingerprint density at radius 2 is 2.00 bits per heavy atom. The molecule has 0 saturated carbocycles. The van der Waals surface area contributed by atoms with Gasteiger partial charge >= 0.3 is 0 Å². The van der Waals surface area contributed by atoms with E-state index in [9.17, 15) is 8.42 Å². The monoisotopic (exact) mass is 236 g/mol. The molecule has 84 valence electrons. The SMILES string of the molecule is O=S(=O)(c1ccccc1)N1[C@@H]2CC=CN[C@@H]21. The molecule has 2 heterocycles. The Labute approximate surface area is 94.6 Å². The first kappa shape index (κ1) is 9.86. The van der Waals surface area contributed by atoms with E-state index in [-0.39, 0.29) is 12.2 Å². The van der Waals surface area contributed by atoms with Gasteiger partial charge in [-0.25, -0.2) is 8.42 Å². The summed E-state index contributed by atoms with van der Waals surface area (Å²) in [6.07, 6.45) is 4.53. The van der Waals surface area contributed by atoms with Crippen molar-refractivity contribution in [2.75, 3.05) is 0 Å². The molecule has 1 unspecified atom stereocenters. The zero-order valence-electron chi connectivity index (χ0n) is 8.58. The highest BCUT2D eigenvalue weighted by molar-refractivity contribution is 7.89. The molecule has 0 amide bonds. The van der Waals surface area contributed by atoms with E-state index in [1.54, 1.807) is 24.3 Å². The normalized spacial score (nSPS) is 31.6. The van der Waals surface area contributed by atoms with E-state index in [2.05, 4.69) is 5.32 Å². The molecule has 16 heavy (non-hydrogen) atoms. The van der Waals surface area contributed by atoms with Crippen LogP contribution in [0.1, 0.15) is 6.42 Å². The quantitative estimate of drug-likeness (QED) is 0.776. The average Bonchev–Trinajstić information content (AvgIpc) is 3.05. The first-order chi connectivity index (χ1) is 7.71. The van der Waals surface area contributed by atoms with Crippen molar-refractivity contribution in [2.24, 2.45) is 0 Å². The van der Waals surface area contributed by atoms with Crippen LogP contribution in [0, 0.1) is 0 Å². The molecule has 1 saturated heterocycles. The number of rotatable bonds is 2. The van der Waals surface area contributed by atoms with Crippen LogP contribution in [0.15, 0.2) is 47.5 Å². The summed E-state index contributed by atoms with van der Waals surface area (Å²) in [5.74, 6) is 0. The molecular formula is C11H12N2O2S. The molecule has 1 aromatic carbocycles. The maximum atomic E-state index is 12.2. The molecule has 1 fully saturated rings. The second-order valence-corrected chi connectivity index (χ2v) is 5.81. The van der Waals surface area contributed by atoms with Gasteiger partial charge in [-0.1, -0.05) is 24.3 Å². The fraction of sp³-hybridized carbons (Fsp3) is 0.273. The molecule has 0 aliphatic carbocycles. The maximum Gasteiger partial charge on any atom is 0.245 e. The summed E-state index contributed by atoms with van der Waals surface area (Å²) < 4.78 is 26.0. The predicted molar refractivity (Wildman–Crippen MR) is 59.9 cm³/mol. The van der Waals surface area contributed by atoms with Crippen molar-refractivity contribution in [1.82, 2.24) is 9.62 Å². The number of nitrogens with zero attached hydrogens (tertiary/aromatic N) is 1. The summed E-state index contributed by atoms with van der Waals surface area (Å²) in [5.41, 5.74) is 0. The van der Waals surface area contributed by atoms with Gasteiger partial charge in [0.2, 0.25) is 10.0 Å². The lowest BCUT2D eigenvalue weighted by Gasteiger charge is -2.05. The highest BCUT2D eigenvalue weighted by Gasteiger charge is 2.55. The van der Waals surface area contributed by atoms with E-state index in [0.717, 1.165) is 6.42 Å². The minimum absolute atomic E-state index is 0.0461. The zero-order valence-corrected chi connectivity index (χ0v) is 9.39. The summed E-state index contributed by atoms with van der Waals surface area (Å²) in [5, 5.41) is 3.05. The van der Waals surface area contributed by atoms with Gasteiger partial charge in [0.1, 0.15) is 6.17 Å². The molecule has 0 aromatic heterocycles. The number of hydrogen-bond donors (Lipinski definition) is 1. The van der Waals surface area contributed by atoms with Crippen LogP contribution in [-0.4, -0.2) is 24.9 Å². The van der Waals surface area contributed by atoms with Crippen LogP contribution in [0.4, 0.5) is 0 Å². The lowest BCUT2D eigenvalue weighted by atomic mass is 10.2. The number of nitrogens with one attached hydrogen (secondary N) is 1. The fourth-order valence-electron chi connectivity index (χ4n) is 2.09. The molecule has 4 nitrogen and oxygen atoms in total. The second kappa shape index (κ2) is 3.33. The number of fused-ring (bicyclic) bond motifs is 1. The van der Waals surface area contributed by atoms with Gasteiger partial charge in [-0.3, -0.25) is 0 Å². The second-order valence-electron chi connectivity index (χ2n) is 3.96. The van der Waals surface area contributed by atoms with Crippen LogP contribution >= 0.6 is 0 Å². The fourth-order valence-corrected chi connectivity index (χ4v) is 3.84. The van der Waals surface area contributed by atoms with Crippen molar-refractivity contribution in [3.8, 4) is 0 Å². The molecule has 1 aromatic rings. The van der Waals surface area contributed by atoms with Crippen LogP contribution in [0.3, 0.4) is 0 Å².